The first-order valence-electron chi connectivity index (χ1n) is 12.4. The molecule has 0 atom stereocenters. The largest absolute Gasteiger partial charge is 0.434 e. The minimum absolute atomic E-state index is 0.00571. The number of halogens is 1. The number of anilines is 1. The van der Waals surface area contributed by atoms with E-state index in [1.165, 1.54) is 30.5 Å². The standard InChI is InChI=1S/C27H24FN5O5S/c1-2-13-39(36,37)31-17-8-10-21(23(28)14-17)26-22(16-29)20-11-9-19(15-25(20)32(26)18-5-3-6-18)38-27-24(33(34)35)7-4-12-30-27/h4,7-12,14-15,18,31H,2-3,5-6,13H2,1H3. The molecule has 1 aliphatic rings. The van der Waals surface area contributed by atoms with Crippen molar-refractivity contribution in [3.63, 3.8) is 0 Å². The van der Waals surface area contributed by atoms with Gasteiger partial charge in [0.05, 0.1) is 33.1 Å². The van der Waals surface area contributed by atoms with E-state index in [4.69, 9.17) is 4.74 Å². The minimum Gasteiger partial charge on any atom is -0.434 e. The molecule has 0 amide bonds. The third-order valence-corrected chi connectivity index (χ3v) is 8.15. The summed E-state index contributed by atoms with van der Waals surface area (Å²) in [5.41, 5.74) is 1.25. The van der Waals surface area contributed by atoms with Gasteiger partial charge in [0.1, 0.15) is 17.6 Å². The highest BCUT2D eigenvalue weighted by atomic mass is 32.2. The van der Waals surface area contributed by atoms with Crippen molar-refractivity contribution in [1.82, 2.24) is 9.55 Å². The molecule has 0 saturated heterocycles. The van der Waals surface area contributed by atoms with Gasteiger partial charge in [-0.25, -0.2) is 17.8 Å². The number of pyridine rings is 1. The topological polar surface area (TPSA) is 140 Å². The second kappa shape index (κ2) is 10.3. The molecular weight excluding hydrogens is 525 g/mol. The van der Waals surface area contributed by atoms with Crippen LogP contribution in [0.5, 0.6) is 11.6 Å². The lowest BCUT2D eigenvalue weighted by Gasteiger charge is -2.30. The van der Waals surface area contributed by atoms with Crippen LogP contribution in [-0.2, 0) is 10.0 Å². The molecule has 2 aromatic heterocycles. The Morgan fingerprint density at radius 1 is 1.26 bits per heavy atom. The Bertz CT molecular complexity index is 1740. The number of nitrogens with zero attached hydrogens (tertiary/aromatic N) is 4. The molecular formula is C27H24FN5O5S. The Kier molecular flexibility index (Phi) is 6.93. The highest BCUT2D eigenvalue weighted by molar-refractivity contribution is 7.92. The van der Waals surface area contributed by atoms with E-state index < -0.39 is 20.8 Å². The zero-order valence-electron chi connectivity index (χ0n) is 20.9. The predicted molar refractivity (Wildman–Crippen MR) is 144 cm³/mol. The van der Waals surface area contributed by atoms with E-state index in [1.54, 1.807) is 25.1 Å². The zero-order chi connectivity index (χ0) is 27.7. The number of sulfonamides is 1. The van der Waals surface area contributed by atoms with E-state index in [1.807, 2.05) is 4.57 Å². The van der Waals surface area contributed by atoms with Crippen LogP contribution >= 0.6 is 0 Å². The SMILES string of the molecule is CCCS(=O)(=O)Nc1ccc(-c2c(C#N)c3ccc(Oc4ncccc4[N+](=O)[O-])cc3n2C2CCC2)c(F)c1. The maximum Gasteiger partial charge on any atom is 0.331 e. The quantitative estimate of drug-likeness (QED) is 0.191. The van der Waals surface area contributed by atoms with Gasteiger partial charge in [-0.05, 0) is 62.1 Å². The van der Waals surface area contributed by atoms with Crippen molar-refractivity contribution in [2.75, 3.05) is 10.5 Å². The van der Waals surface area contributed by atoms with Crippen LogP contribution < -0.4 is 9.46 Å². The number of benzene rings is 2. The summed E-state index contributed by atoms with van der Waals surface area (Å²) in [7, 11) is -3.60. The zero-order valence-corrected chi connectivity index (χ0v) is 21.7. The number of nitriles is 1. The monoisotopic (exact) mass is 549 g/mol. The maximum absolute atomic E-state index is 15.5. The molecule has 0 bridgehead atoms. The van der Waals surface area contributed by atoms with Gasteiger partial charge in [0.2, 0.25) is 10.0 Å². The number of rotatable bonds is 9. The number of hydrogen-bond donors (Lipinski definition) is 1. The molecule has 10 nitrogen and oxygen atoms in total. The first-order valence-corrected chi connectivity index (χ1v) is 14.0. The van der Waals surface area contributed by atoms with Crippen molar-refractivity contribution in [1.29, 1.82) is 5.26 Å². The fraction of sp³-hybridized carbons (Fsp3) is 0.259. The molecule has 1 aliphatic carbocycles. The Balaban J connectivity index is 1.63. The van der Waals surface area contributed by atoms with Crippen molar-refractivity contribution >= 4 is 32.3 Å². The summed E-state index contributed by atoms with van der Waals surface area (Å²) in [5, 5.41) is 22.1. The van der Waals surface area contributed by atoms with Gasteiger partial charge in [-0.2, -0.15) is 5.26 Å². The van der Waals surface area contributed by atoms with Gasteiger partial charge in [-0.15, -0.1) is 0 Å². The number of ether oxygens (including phenoxy) is 1. The molecule has 2 aromatic carbocycles. The van der Waals surface area contributed by atoms with Gasteiger partial charge in [0.15, 0.2) is 0 Å². The second-order valence-corrected chi connectivity index (χ2v) is 11.1. The number of nitrogens with one attached hydrogen (secondary N) is 1. The lowest BCUT2D eigenvalue weighted by atomic mass is 9.92. The summed E-state index contributed by atoms with van der Waals surface area (Å²) in [5.74, 6) is -0.653. The predicted octanol–water partition coefficient (Wildman–Crippen LogP) is 6.29. The molecule has 0 spiro atoms. The van der Waals surface area contributed by atoms with E-state index >= 15 is 4.39 Å². The number of hydrogen-bond acceptors (Lipinski definition) is 7. The summed E-state index contributed by atoms with van der Waals surface area (Å²) < 4.78 is 49.9. The maximum atomic E-state index is 15.5. The molecule has 1 saturated carbocycles. The van der Waals surface area contributed by atoms with Crippen LogP contribution in [0.4, 0.5) is 15.8 Å². The number of aromatic nitrogens is 2. The molecule has 2 heterocycles. The van der Waals surface area contributed by atoms with E-state index in [2.05, 4.69) is 15.8 Å². The van der Waals surface area contributed by atoms with Gasteiger partial charge in [-0.3, -0.25) is 14.8 Å². The van der Waals surface area contributed by atoms with Gasteiger partial charge >= 0.3 is 5.69 Å². The van der Waals surface area contributed by atoms with Crippen molar-refractivity contribution in [2.24, 2.45) is 0 Å². The molecule has 39 heavy (non-hydrogen) atoms. The Hall–Kier alpha value is -4.50. The minimum atomic E-state index is -3.60. The van der Waals surface area contributed by atoms with E-state index in [0.717, 1.165) is 25.3 Å². The van der Waals surface area contributed by atoms with Crippen LogP contribution in [-0.4, -0.2) is 28.6 Å². The Morgan fingerprint density at radius 3 is 2.69 bits per heavy atom. The Labute approximate surface area is 223 Å². The Morgan fingerprint density at radius 2 is 2.05 bits per heavy atom. The average Bonchev–Trinajstić information content (AvgIpc) is 3.16. The summed E-state index contributed by atoms with van der Waals surface area (Å²) in [4.78, 5) is 14.8. The van der Waals surface area contributed by atoms with Crippen LogP contribution in [0.3, 0.4) is 0 Å². The lowest BCUT2D eigenvalue weighted by molar-refractivity contribution is -0.386. The molecule has 12 heteroatoms. The molecule has 200 valence electrons. The highest BCUT2D eigenvalue weighted by Crippen LogP contribution is 2.44. The van der Waals surface area contributed by atoms with E-state index in [9.17, 15) is 23.8 Å². The molecule has 0 unspecified atom stereocenters. The molecule has 5 rings (SSSR count). The molecule has 4 aromatic rings. The summed E-state index contributed by atoms with van der Waals surface area (Å²) in [6, 6.07) is 13.9. The first-order chi connectivity index (χ1) is 18.7. The third-order valence-electron chi connectivity index (χ3n) is 6.66. The fourth-order valence-corrected chi connectivity index (χ4v) is 5.86. The van der Waals surface area contributed by atoms with Crippen LogP contribution in [0.25, 0.3) is 22.2 Å². The van der Waals surface area contributed by atoms with Crippen LogP contribution in [0.2, 0.25) is 0 Å². The first kappa shape index (κ1) is 26.1. The second-order valence-electron chi connectivity index (χ2n) is 9.27. The normalized spacial score (nSPS) is 13.6. The van der Waals surface area contributed by atoms with Gasteiger partial charge in [-0.1, -0.05) is 6.92 Å². The van der Waals surface area contributed by atoms with Gasteiger partial charge < -0.3 is 9.30 Å². The van der Waals surface area contributed by atoms with Gasteiger partial charge in [0.25, 0.3) is 5.88 Å². The number of nitro groups is 1. The number of fused-ring (bicyclic) bond motifs is 1. The van der Waals surface area contributed by atoms with E-state index in [-0.39, 0.29) is 45.9 Å². The smallest absolute Gasteiger partial charge is 0.331 e. The van der Waals surface area contributed by atoms with Crippen molar-refractivity contribution in [2.45, 2.75) is 38.6 Å². The van der Waals surface area contributed by atoms with Crippen molar-refractivity contribution in [3.8, 4) is 29.0 Å². The van der Waals surface area contributed by atoms with Crippen LogP contribution in [0.1, 0.15) is 44.2 Å². The molecule has 1 fully saturated rings. The van der Waals surface area contributed by atoms with Crippen LogP contribution in [0, 0.1) is 27.3 Å². The summed E-state index contributed by atoms with van der Waals surface area (Å²) in [6.07, 6.45) is 4.44. The summed E-state index contributed by atoms with van der Waals surface area (Å²) in [6.45, 7) is 1.74. The molecule has 0 radical (unpaired) electrons. The lowest BCUT2D eigenvalue weighted by Crippen LogP contribution is -2.18. The highest BCUT2D eigenvalue weighted by Gasteiger charge is 2.29. The average molecular weight is 550 g/mol. The summed E-state index contributed by atoms with van der Waals surface area (Å²) >= 11 is 0. The van der Waals surface area contributed by atoms with Crippen molar-refractivity contribution < 1.29 is 22.5 Å². The molecule has 1 N–H and O–H groups in total. The van der Waals surface area contributed by atoms with Gasteiger partial charge in [0, 0.05) is 35.3 Å². The fourth-order valence-electron chi connectivity index (χ4n) is 4.74. The van der Waals surface area contributed by atoms with Crippen molar-refractivity contribution in [3.05, 3.63) is 76.2 Å². The molecule has 0 aliphatic heterocycles. The third kappa shape index (κ3) is 5.00. The van der Waals surface area contributed by atoms with Crippen LogP contribution in [0.15, 0.2) is 54.7 Å². The van der Waals surface area contributed by atoms with E-state index in [0.29, 0.717) is 23.0 Å².